The fraction of sp³-hybridized carbons (Fsp3) is 0.136. The van der Waals surface area contributed by atoms with Crippen LogP contribution in [-0.2, 0) is 6.54 Å². The van der Waals surface area contributed by atoms with Crippen molar-refractivity contribution in [1.29, 1.82) is 0 Å². The first kappa shape index (κ1) is 16.7. The number of allylic oxidation sites excluding steroid dienone is 3. The number of anilines is 1. The molecule has 0 N–H and O–H groups in total. The van der Waals surface area contributed by atoms with Gasteiger partial charge in [-0.05, 0) is 47.5 Å². The van der Waals surface area contributed by atoms with Gasteiger partial charge in [-0.15, -0.1) is 0 Å². The van der Waals surface area contributed by atoms with Gasteiger partial charge in [-0.25, -0.2) is 0 Å². The molecule has 1 atom stereocenters. The van der Waals surface area contributed by atoms with Gasteiger partial charge in [0.1, 0.15) is 5.75 Å². The molecule has 3 nitrogen and oxygen atoms in total. The minimum atomic E-state index is -0.0142. The van der Waals surface area contributed by atoms with Crippen molar-refractivity contribution in [2.75, 3.05) is 12.0 Å². The minimum absolute atomic E-state index is 0.00785. The first-order valence-corrected chi connectivity index (χ1v) is 8.83. The van der Waals surface area contributed by atoms with Crippen molar-refractivity contribution < 1.29 is 9.53 Å². The van der Waals surface area contributed by atoms with Crippen LogP contribution in [0.4, 0.5) is 5.69 Å². The highest BCUT2D eigenvalue weighted by molar-refractivity contribution is 6.31. The van der Waals surface area contributed by atoms with Crippen LogP contribution in [0, 0.1) is 0 Å². The van der Waals surface area contributed by atoms with Crippen molar-refractivity contribution >= 4 is 23.1 Å². The van der Waals surface area contributed by atoms with Gasteiger partial charge < -0.3 is 9.64 Å². The maximum absolute atomic E-state index is 12.8. The highest BCUT2D eigenvalue weighted by Crippen LogP contribution is 2.35. The lowest BCUT2D eigenvalue weighted by Gasteiger charge is -2.33. The Morgan fingerprint density at radius 2 is 1.92 bits per heavy atom. The van der Waals surface area contributed by atoms with Crippen molar-refractivity contribution in [3.8, 4) is 5.75 Å². The molecular weight excluding hydrogens is 346 g/mol. The summed E-state index contributed by atoms with van der Waals surface area (Å²) in [5.74, 6) is 0.813. The molecule has 1 heterocycles. The van der Waals surface area contributed by atoms with E-state index in [4.69, 9.17) is 16.3 Å². The number of methoxy groups -OCH3 is 1. The van der Waals surface area contributed by atoms with E-state index in [1.165, 1.54) is 0 Å². The Labute approximate surface area is 157 Å². The summed E-state index contributed by atoms with van der Waals surface area (Å²) in [5.41, 5.74) is 3.66. The third-order valence-electron chi connectivity index (χ3n) is 4.71. The predicted octanol–water partition coefficient (Wildman–Crippen LogP) is 4.97. The van der Waals surface area contributed by atoms with E-state index >= 15 is 0 Å². The van der Waals surface area contributed by atoms with E-state index in [1.54, 1.807) is 19.3 Å². The molecule has 0 bridgehead atoms. The van der Waals surface area contributed by atoms with E-state index in [0.29, 0.717) is 17.1 Å². The molecule has 0 saturated heterocycles. The number of hydrogen-bond donors (Lipinski definition) is 0. The largest absolute Gasteiger partial charge is 0.497 e. The number of carbonyl (C=O) groups excluding carboxylic acids is 1. The van der Waals surface area contributed by atoms with Crippen LogP contribution < -0.4 is 9.64 Å². The fourth-order valence-electron chi connectivity index (χ4n) is 3.41. The summed E-state index contributed by atoms with van der Waals surface area (Å²) in [6, 6.07) is 13.5. The van der Waals surface area contributed by atoms with E-state index in [2.05, 4.69) is 11.0 Å². The summed E-state index contributed by atoms with van der Waals surface area (Å²) >= 11 is 6.16. The first-order chi connectivity index (χ1) is 12.7. The zero-order chi connectivity index (χ0) is 18.1. The lowest BCUT2D eigenvalue weighted by atomic mass is 9.99. The molecule has 26 heavy (non-hydrogen) atoms. The Balaban J connectivity index is 1.80. The Hall–Kier alpha value is -2.78. The normalized spacial score (nSPS) is 18.1. The molecule has 0 fully saturated rings. The molecule has 1 aliphatic carbocycles. The van der Waals surface area contributed by atoms with Gasteiger partial charge in [-0.1, -0.05) is 48.0 Å². The molecule has 4 heteroatoms. The Morgan fingerprint density at radius 1 is 1.12 bits per heavy atom. The van der Waals surface area contributed by atoms with Gasteiger partial charge >= 0.3 is 0 Å². The first-order valence-electron chi connectivity index (χ1n) is 8.45. The van der Waals surface area contributed by atoms with Crippen LogP contribution in [-0.4, -0.2) is 18.9 Å². The molecule has 0 radical (unpaired) electrons. The summed E-state index contributed by atoms with van der Waals surface area (Å²) in [7, 11) is 1.66. The molecule has 0 spiro atoms. The van der Waals surface area contributed by atoms with Gasteiger partial charge in [-0.2, -0.15) is 0 Å². The van der Waals surface area contributed by atoms with Crippen LogP contribution in [0.1, 0.15) is 15.9 Å². The topological polar surface area (TPSA) is 29.5 Å². The van der Waals surface area contributed by atoms with Crippen LogP contribution in [0.25, 0.3) is 0 Å². The van der Waals surface area contributed by atoms with Crippen molar-refractivity contribution in [2.45, 2.75) is 12.6 Å². The molecule has 4 rings (SSSR count). The summed E-state index contributed by atoms with van der Waals surface area (Å²) in [4.78, 5) is 15.0. The van der Waals surface area contributed by atoms with Crippen molar-refractivity contribution in [1.82, 2.24) is 0 Å². The standard InChI is InChI=1S/C22H18ClNO2/c1-26-18-9-6-15(7-10-18)14-24-20-5-3-2-4-16(20)12-22(25)19-13-17(23)8-11-21(19)24/h2-13,20H,14H2,1H3. The lowest BCUT2D eigenvalue weighted by molar-refractivity contribution is 0.104. The molecule has 1 unspecified atom stereocenters. The summed E-state index contributed by atoms with van der Waals surface area (Å²) in [6.07, 6.45) is 9.82. The van der Waals surface area contributed by atoms with E-state index in [-0.39, 0.29) is 11.8 Å². The Kier molecular flexibility index (Phi) is 4.39. The second-order valence-electron chi connectivity index (χ2n) is 6.33. The molecule has 0 aromatic heterocycles. The highest BCUT2D eigenvalue weighted by Gasteiger charge is 2.28. The van der Waals surface area contributed by atoms with E-state index in [1.807, 2.05) is 54.6 Å². The highest BCUT2D eigenvalue weighted by atomic mass is 35.5. The quantitative estimate of drug-likeness (QED) is 0.770. The smallest absolute Gasteiger partial charge is 0.188 e. The van der Waals surface area contributed by atoms with Crippen LogP contribution in [0.3, 0.4) is 0 Å². The average Bonchev–Trinajstić information content (AvgIpc) is 2.77. The predicted molar refractivity (Wildman–Crippen MR) is 105 cm³/mol. The van der Waals surface area contributed by atoms with E-state index < -0.39 is 0 Å². The molecule has 2 aromatic rings. The second kappa shape index (κ2) is 6.85. The number of carbonyl (C=O) groups is 1. The van der Waals surface area contributed by atoms with Crippen LogP contribution in [0.2, 0.25) is 5.02 Å². The number of halogens is 1. The SMILES string of the molecule is COc1ccc(CN2c3ccc(Cl)cc3C(=O)C=C3C=CC=CC32)cc1. The van der Waals surface area contributed by atoms with Gasteiger partial charge in [0, 0.05) is 22.8 Å². The third kappa shape index (κ3) is 3.06. The van der Waals surface area contributed by atoms with Crippen LogP contribution in [0.5, 0.6) is 5.75 Å². The van der Waals surface area contributed by atoms with Gasteiger partial charge in [0.2, 0.25) is 0 Å². The summed E-state index contributed by atoms with van der Waals surface area (Å²) in [6.45, 7) is 0.673. The molecule has 0 saturated carbocycles. The number of rotatable bonds is 3. The number of nitrogens with zero attached hydrogens (tertiary/aromatic N) is 1. The zero-order valence-corrected chi connectivity index (χ0v) is 15.1. The lowest BCUT2D eigenvalue weighted by Crippen LogP contribution is -2.35. The molecule has 1 aliphatic heterocycles. The fourth-order valence-corrected chi connectivity index (χ4v) is 3.58. The average molecular weight is 364 g/mol. The molecule has 2 aromatic carbocycles. The van der Waals surface area contributed by atoms with Crippen molar-refractivity contribution in [2.24, 2.45) is 0 Å². The van der Waals surface area contributed by atoms with Gasteiger partial charge in [0.05, 0.1) is 13.2 Å². The maximum atomic E-state index is 12.8. The summed E-state index contributed by atoms with van der Waals surface area (Å²) in [5, 5.41) is 0.566. The zero-order valence-electron chi connectivity index (χ0n) is 14.4. The van der Waals surface area contributed by atoms with E-state index in [0.717, 1.165) is 22.6 Å². The molecule has 130 valence electrons. The molecule has 0 amide bonds. The minimum Gasteiger partial charge on any atom is -0.497 e. The maximum Gasteiger partial charge on any atom is 0.188 e. The number of fused-ring (bicyclic) bond motifs is 2. The Morgan fingerprint density at radius 3 is 2.69 bits per heavy atom. The number of ketones is 1. The van der Waals surface area contributed by atoms with E-state index in [9.17, 15) is 4.79 Å². The number of hydrogen-bond acceptors (Lipinski definition) is 3. The second-order valence-corrected chi connectivity index (χ2v) is 6.77. The molecular formula is C22H18ClNO2. The van der Waals surface area contributed by atoms with Crippen LogP contribution in [0.15, 0.2) is 78.4 Å². The summed E-state index contributed by atoms with van der Waals surface area (Å²) < 4.78 is 5.25. The van der Waals surface area contributed by atoms with Crippen molar-refractivity contribution in [3.63, 3.8) is 0 Å². The van der Waals surface area contributed by atoms with Gasteiger partial charge in [-0.3, -0.25) is 4.79 Å². The third-order valence-corrected chi connectivity index (χ3v) is 4.95. The van der Waals surface area contributed by atoms with Gasteiger partial charge in [0.15, 0.2) is 5.78 Å². The number of benzene rings is 2. The number of ether oxygens (including phenoxy) is 1. The Bertz CT molecular complexity index is 941. The monoisotopic (exact) mass is 363 g/mol. The van der Waals surface area contributed by atoms with Crippen molar-refractivity contribution in [3.05, 3.63) is 94.6 Å². The van der Waals surface area contributed by atoms with Crippen LogP contribution >= 0.6 is 11.6 Å². The van der Waals surface area contributed by atoms with Gasteiger partial charge in [0.25, 0.3) is 0 Å². The molecule has 2 aliphatic rings.